The van der Waals surface area contributed by atoms with Gasteiger partial charge in [-0.05, 0) is 38.5 Å². The Kier molecular flexibility index (Phi) is 42.4. The lowest BCUT2D eigenvalue weighted by Crippen LogP contribution is -1.93. The summed E-state index contributed by atoms with van der Waals surface area (Å²) in [7, 11) is 0. The third kappa shape index (κ3) is 47.6. The minimum Gasteiger partial charge on any atom is -0.481 e. The van der Waals surface area contributed by atoms with Crippen LogP contribution in [-0.2, 0) is 9.59 Å². The summed E-state index contributed by atoms with van der Waals surface area (Å²) in [6, 6.07) is 0. The van der Waals surface area contributed by atoms with Gasteiger partial charge in [0, 0.05) is 12.8 Å². The predicted octanol–water partition coefficient (Wildman–Crippen LogP) is 14.0. The lowest BCUT2D eigenvalue weighted by atomic mass is 10.0. The van der Waals surface area contributed by atoms with Crippen molar-refractivity contribution in [3.63, 3.8) is 0 Å². The Morgan fingerprint density at radius 2 is 0.545 bits per heavy atom. The molecule has 0 aliphatic heterocycles. The van der Waals surface area contributed by atoms with Gasteiger partial charge in [-0.2, -0.15) is 0 Å². The number of aliphatic carboxylic acids is 2. The molecule has 2 N–H and O–H groups in total. The molecule has 0 unspecified atom stereocenters. The number of unbranched alkanes of at least 4 members (excludes halogenated alkanes) is 29. The third-order valence-corrected chi connectivity index (χ3v) is 8.65. The molecule has 0 bridgehead atoms. The first kappa shape index (κ1) is 44.8. The van der Waals surface area contributed by atoms with Crippen LogP contribution < -0.4 is 0 Å². The fraction of sp³-hybridized carbons (Fsp3) is 0.900. The molecule has 262 valence electrons. The van der Waals surface area contributed by atoms with E-state index in [0.717, 1.165) is 25.7 Å². The molecule has 0 aliphatic rings. The second-order valence-corrected chi connectivity index (χ2v) is 13.2. The second-order valence-electron chi connectivity index (χ2n) is 13.2. The minimum atomic E-state index is -0.664. The SMILES string of the molecule is CCCCCCCC/C=C\CCCCCCCC(=O)O.CCCCCCCCCCCCCCCCCCCCCC(=O)O. The molecule has 0 aliphatic carbocycles. The summed E-state index contributed by atoms with van der Waals surface area (Å²) in [5, 5.41) is 17.1. The molecule has 0 amide bonds. The molecule has 4 nitrogen and oxygen atoms in total. The lowest BCUT2D eigenvalue weighted by molar-refractivity contribution is -0.138. The largest absolute Gasteiger partial charge is 0.481 e. The average Bonchev–Trinajstić information content (AvgIpc) is 3.00. The Balaban J connectivity index is 0. The molecule has 44 heavy (non-hydrogen) atoms. The van der Waals surface area contributed by atoms with E-state index in [4.69, 9.17) is 10.2 Å². The van der Waals surface area contributed by atoms with Crippen molar-refractivity contribution in [3.8, 4) is 0 Å². The zero-order valence-corrected chi connectivity index (χ0v) is 29.9. The summed E-state index contributed by atoms with van der Waals surface area (Å²) in [6.07, 6.45) is 47.3. The average molecular weight is 623 g/mol. The number of carboxylic acid groups (broad SMARTS) is 2. The fourth-order valence-corrected chi connectivity index (χ4v) is 5.70. The molecule has 0 saturated heterocycles. The van der Waals surface area contributed by atoms with Crippen LogP contribution in [0.2, 0.25) is 0 Å². The van der Waals surface area contributed by atoms with Gasteiger partial charge in [-0.15, -0.1) is 0 Å². The van der Waals surface area contributed by atoms with Crippen LogP contribution >= 0.6 is 0 Å². The van der Waals surface area contributed by atoms with Gasteiger partial charge in [0.25, 0.3) is 0 Å². The highest BCUT2D eigenvalue weighted by Gasteiger charge is 1.98. The van der Waals surface area contributed by atoms with Crippen LogP contribution in [0.5, 0.6) is 0 Å². The zero-order valence-electron chi connectivity index (χ0n) is 29.9. The van der Waals surface area contributed by atoms with Gasteiger partial charge in [-0.1, -0.05) is 193 Å². The van der Waals surface area contributed by atoms with E-state index < -0.39 is 11.9 Å². The Morgan fingerprint density at radius 3 is 0.773 bits per heavy atom. The molecule has 0 heterocycles. The van der Waals surface area contributed by atoms with E-state index in [1.54, 1.807) is 0 Å². The van der Waals surface area contributed by atoms with Crippen molar-refractivity contribution in [2.24, 2.45) is 0 Å². The van der Waals surface area contributed by atoms with Crippen molar-refractivity contribution in [2.75, 3.05) is 0 Å². The van der Waals surface area contributed by atoms with Gasteiger partial charge in [0.05, 0.1) is 0 Å². The van der Waals surface area contributed by atoms with Crippen LogP contribution in [-0.4, -0.2) is 22.2 Å². The minimum absolute atomic E-state index is 0.332. The first-order chi connectivity index (χ1) is 21.5. The van der Waals surface area contributed by atoms with Crippen molar-refractivity contribution < 1.29 is 19.8 Å². The molecule has 4 heteroatoms. The van der Waals surface area contributed by atoms with Crippen molar-refractivity contribution in [1.29, 1.82) is 0 Å². The van der Waals surface area contributed by atoms with Gasteiger partial charge in [0.2, 0.25) is 0 Å². The summed E-state index contributed by atoms with van der Waals surface area (Å²) in [5.74, 6) is -1.32. The van der Waals surface area contributed by atoms with Crippen molar-refractivity contribution in [3.05, 3.63) is 12.2 Å². The highest BCUT2D eigenvalue weighted by Crippen LogP contribution is 2.15. The number of carbonyl (C=O) groups is 2. The third-order valence-electron chi connectivity index (χ3n) is 8.65. The fourth-order valence-electron chi connectivity index (χ4n) is 5.70. The Bertz CT molecular complexity index is 586. The molecule has 0 radical (unpaired) electrons. The summed E-state index contributed by atoms with van der Waals surface area (Å²) in [4.78, 5) is 20.7. The number of hydrogen-bond donors (Lipinski definition) is 2. The molecule has 0 spiro atoms. The maximum absolute atomic E-state index is 10.4. The number of rotatable bonds is 35. The van der Waals surface area contributed by atoms with E-state index in [0.29, 0.717) is 12.8 Å². The Morgan fingerprint density at radius 1 is 0.341 bits per heavy atom. The summed E-state index contributed by atoms with van der Waals surface area (Å²) in [6.45, 7) is 4.54. The first-order valence-electron chi connectivity index (χ1n) is 19.6. The highest BCUT2D eigenvalue weighted by atomic mass is 16.4. The van der Waals surface area contributed by atoms with E-state index in [-0.39, 0.29) is 0 Å². The molecule has 0 aromatic carbocycles. The normalized spacial score (nSPS) is 11.1. The second kappa shape index (κ2) is 41.7. The van der Waals surface area contributed by atoms with Gasteiger partial charge < -0.3 is 10.2 Å². The Labute approximate surface area is 275 Å². The van der Waals surface area contributed by atoms with Gasteiger partial charge in [0.1, 0.15) is 0 Å². The monoisotopic (exact) mass is 623 g/mol. The van der Waals surface area contributed by atoms with Crippen molar-refractivity contribution >= 4 is 11.9 Å². The number of allylic oxidation sites excluding steroid dienone is 2. The van der Waals surface area contributed by atoms with Gasteiger partial charge >= 0.3 is 11.9 Å². The van der Waals surface area contributed by atoms with Crippen LogP contribution in [0.3, 0.4) is 0 Å². The number of carboxylic acids is 2. The molecule has 0 aromatic heterocycles. The first-order valence-corrected chi connectivity index (χ1v) is 19.6. The summed E-state index contributed by atoms with van der Waals surface area (Å²) in [5.41, 5.74) is 0. The van der Waals surface area contributed by atoms with E-state index in [1.807, 2.05) is 0 Å². The standard InChI is InChI=1S/C22H44O2.C18H34O2/c1-2-3-4-5-6-7-8-9-10-11-12-13-14-15-16-17-18-19-20-21-22(23)24;1-2-3-4-5-6-7-8-9-10-11-12-13-14-15-16-17-18(19)20/h2-21H2,1H3,(H,23,24);9-10H,2-8,11-17H2,1H3,(H,19,20)/b;10-9-. The van der Waals surface area contributed by atoms with Gasteiger partial charge in [-0.25, -0.2) is 0 Å². The van der Waals surface area contributed by atoms with E-state index in [1.165, 1.54) is 180 Å². The molecule has 0 aromatic rings. The van der Waals surface area contributed by atoms with Crippen LogP contribution in [0.1, 0.15) is 232 Å². The molecule has 0 atom stereocenters. The lowest BCUT2D eigenvalue weighted by Gasteiger charge is -2.03. The summed E-state index contributed by atoms with van der Waals surface area (Å²) < 4.78 is 0. The van der Waals surface area contributed by atoms with Crippen molar-refractivity contribution in [2.45, 2.75) is 232 Å². The quantitative estimate of drug-likeness (QED) is 0.0544. The molecule has 0 fully saturated rings. The van der Waals surface area contributed by atoms with E-state index in [9.17, 15) is 9.59 Å². The molecule has 0 saturated carbocycles. The Hall–Kier alpha value is -1.32. The smallest absolute Gasteiger partial charge is 0.303 e. The number of hydrogen-bond acceptors (Lipinski definition) is 2. The van der Waals surface area contributed by atoms with Gasteiger partial charge in [0.15, 0.2) is 0 Å². The van der Waals surface area contributed by atoms with Crippen molar-refractivity contribution in [1.82, 2.24) is 0 Å². The van der Waals surface area contributed by atoms with Gasteiger partial charge in [-0.3, -0.25) is 9.59 Å². The highest BCUT2D eigenvalue weighted by molar-refractivity contribution is 5.66. The van der Waals surface area contributed by atoms with Crippen LogP contribution in [0.4, 0.5) is 0 Å². The molecular formula is C40H78O4. The van der Waals surface area contributed by atoms with Crippen LogP contribution in [0, 0.1) is 0 Å². The maximum atomic E-state index is 10.4. The zero-order chi connectivity index (χ0) is 32.6. The molecular weight excluding hydrogens is 544 g/mol. The van der Waals surface area contributed by atoms with Crippen LogP contribution in [0.25, 0.3) is 0 Å². The summed E-state index contributed by atoms with van der Waals surface area (Å²) >= 11 is 0. The topological polar surface area (TPSA) is 74.6 Å². The molecule has 0 rings (SSSR count). The van der Waals surface area contributed by atoms with E-state index in [2.05, 4.69) is 26.0 Å². The van der Waals surface area contributed by atoms with E-state index >= 15 is 0 Å². The maximum Gasteiger partial charge on any atom is 0.303 e. The predicted molar refractivity (Wildman–Crippen MR) is 193 cm³/mol. The van der Waals surface area contributed by atoms with Crippen LogP contribution in [0.15, 0.2) is 12.2 Å².